The first kappa shape index (κ1) is 14.2. The summed E-state index contributed by atoms with van der Waals surface area (Å²) in [5.41, 5.74) is 2.94. The molecule has 0 aliphatic carbocycles. The highest BCUT2D eigenvalue weighted by Gasteiger charge is 2.15. The van der Waals surface area contributed by atoms with E-state index in [1.165, 1.54) is 6.07 Å². The number of H-pyrrole nitrogens is 1. The van der Waals surface area contributed by atoms with Gasteiger partial charge in [0.1, 0.15) is 5.82 Å². The highest BCUT2D eigenvalue weighted by Crippen LogP contribution is 2.25. The van der Waals surface area contributed by atoms with E-state index in [2.05, 4.69) is 9.97 Å². The fourth-order valence-electron chi connectivity index (χ4n) is 2.36. The summed E-state index contributed by atoms with van der Waals surface area (Å²) in [5.74, 6) is -0.221. The van der Waals surface area contributed by atoms with Gasteiger partial charge >= 0.3 is 0 Å². The minimum atomic E-state index is -0.221. The minimum Gasteiger partial charge on any atom is -0.329 e. The van der Waals surface area contributed by atoms with Gasteiger partial charge in [0.15, 0.2) is 10.4 Å². The van der Waals surface area contributed by atoms with Crippen LogP contribution in [0.5, 0.6) is 0 Å². The molecule has 0 fully saturated rings. The Morgan fingerprint density at radius 2 is 2.14 bits per heavy atom. The molecule has 108 valence electrons. The van der Waals surface area contributed by atoms with Crippen molar-refractivity contribution < 1.29 is 4.39 Å². The first-order valence-electron chi connectivity index (χ1n) is 6.49. The smallest absolute Gasteiger partial charge is 0.179 e. The first-order valence-corrected chi connectivity index (χ1v) is 7.28. The molecule has 3 rings (SSSR count). The Hall–Kier alpha value is -1.72. The normalized spacial score (nSPS) is 12.8. The van der Waals surface area contributed by atoms with Crippen LogP contribution < -0.4 is 0 Å². The SMILES string of the molecule is Cc1ccc(C(C)n2c(=S)[nH]c3cc(Cl)cnc32)cc1F. The topological polar surface area (TPSA) is 33.6 Å². The Morgan fingerprint density at radius 1 is 1.38 bits per heavy atom. The van der Waals surface area contributed by atoms with Crippen molar-refractivity contribution in [3.63, 3.8) is 0 Å². The molecule has 2 aromatic heterocycles. The number of hydrogen-bond donors (Lipinski definition) is 1. The number of aromatic nitrogens is 3. The quantitative estimate of drug-likeness (QED) is 0.687. The maximum Gasteiger partial charge on any atom is 0.179 e. The van der Waals surface area contributed by atoms with Crippen LogP contribution in [0.4, 0.5) is 4.39 Å². The van der Waals surface area contributed by atoms with E-state index in [0.717, 1.165) is 11.1 Å². The molecule has 6 heteroatoms. The fourth-order valence-corrected chi connectivity index (χ4v) is 2.88. The lowest BCUT2D eigenvalue weighted by Crippen LogP contribution is -2.08. The van der Waals surface area contributed by atoms with Gasteiger partial charge in [-0.2, -0.15) is 0 Å². The van der Waals surface area contributed by atoms with Crippen molar-refractivity contribution in [3.05, 3.63) is 57.2 Å². The number of nitrogens with zero attached hydrogens (tertiary/aromatic N) is 2. The van der Waals surface area contributed by atoms with E-state index in [-0.39, 0.29) is 11.9 Å². The summed E-state index contributed by atoms with van der Waals surface area (Å²) in [7, 11) is 0. The van der Waals surface area contributed by atoms with E-state index >= 15 is 0 Å². The van der Waals surface area contributed by atoms with E-state index in [1.807, 2.05) is 17.6 Å². The third-order valence-corrected chi connectivity index (χ3v) is 4.09. The number of rotatable bonds is 2. The highest BCUT2D eigenvalue weighted by molar-refractivity contribution is 7.71. The molecule has 1 aromatic carbocycles. The standard InChI is InChI=1S/C15H13ClFN3S/c1-8-3-4-10(5-12(8)17)9(2)20-14-13(19-15(20)21)6-11(16)7-18-14/h3-7,9H,1-2H3,(H,19,21). The largest absolute Gasteiger partial charge is 0.329 e. The summed E-state index contributed by atoms with van der Waals surface area (Å²) in [5, 5.41) is 0.542. The summed E-state index contributed by atoms with van der Waals surface area (Å²) in [6, 6.07) is 6.86. The Kier molecular flexibility index (Phi) is 3.55. The number of hydrogen-bond acceptors (Lipinski definition) is 2. The predicted molar refractivity (Wildman–Crippen MR) is 84.9 cm³/mol. The van der Waals surface area contributed by atoms with Gasteiger partial charge in [0.2, 0.25) is 0 Å². The van der Waals surface area contributed by atoms with Gasteiger partial charge in [-0.15, -0.1) is 0 Å². The molecular formula is C15H13ClFN3S. The zero-order valence-electron chi connectivity index (χ0n) is 11.5. The van der Waals surface area contributed by atoms with E-state index in [9.17, 15) is 4.39 Å². The van der Waals surface area contributed by atoms with Crippen molar-refractivity contribution in [1.82, 2.24) is 14.5 Å². The highest BCUT2D eigenvalue weighted by atomic mass is 35.5. The molecule has 0 saturated carbocycles. The molecule has 0 aliphatic rings. The van der Waals surface area contributed by atoms with Gasteiger partial charge in [0, 0.05) is 6.20 Å². The molecule has 3 aromatic rings. The van der Waals surface area contributed by atoms with Gasteiger partial charge < -0.3 is 4.98 Å². The van der Waals surface area contributed by atoms with Crippen molar-refractivity contribution in [1.29, 1.82) is 0 Å². The van der Waals surface area contributed by atoms with Crippen molar-refractivity contribution in [2.75, 3.05) is 0 Å². The molecule has 21 heavy (non-hydrogen) atoms. The lowest BCUT2D eigenvalue weighted by atomic mass is 10.1. The van der Waals surface area contributed by atoms with Gasteiger partial charge in [-0.05, 0) is 49.3 Å². The van der Waals surface area contributed by atoms with Crippen molar-refractivity contribution in [3.8, 4) is 0 Å². The average Bonchev–Trinajstić information content (AvgIpc) is 2.76. The lowest BCUT2D eigenvalue weighted by Gasteiger charge is -2.15. The number of nitrogens with one attached hydrogen (secondary N) is 1. The molecule has 1 N–H and O–H groups in total. The van der Waals surface area contributed by atoms with Crippen LogP contribution in [0, 0.1) is 17.5 Å². The third kappa shape index (κ3) is 2.47. The van der Waals surface area contributed by atoms with Gasteiger partial charge in [-0.3, -0.25) is 4.57 Å². The van der Waals surface area contributed by atoms with Gasteiger partial charge in [0.25, 0.3) is 0 Å². The number of aromatic amines is 1. The summed E-state index contributed by atoms with van der Waals surface area (Å²) in [4.78, 5) is 7.41. The Morgan fingerprint density at radius 3 is 2.86 bits per heavy atom. The average molecular weight is 322 g/mol. The third-order valence-electron chi connectivity index (χ3n) is 3.59. The zero-order chi connectivity index (χ0) is 15.1. The molecule has 0 spiro atoms. The molecule has 0 aliphatic heterocycles. The van der Waals surface area contributed by atoms with Crippen molar-refractivity contribution in [2.45, 2.75) is 19.9 Å². The second-order valence-electron chi connectivity index (χ2n) is 5.01. The fraction of sp³-hybridized carbons (Fsp3) is 0.200. The lowest BCUT2D eigenvalue weighted by molar-refractivity contribution is 0.599. The van der Waals surface area contributed by atoms with E-state index in [1.54, 1.807) is 25.3 Å². The van der Waals surface area contributed by atoms with Crippen LogP contribution >= 0.6 is 23.8 Å². The monoisotopic (exact) mass is 321 g/mol. The molecule has 1 atom stereocenters. The van der Waals surface area contributed by atoms with E-state index < -0.39 is 0 Å². The summed E-state index contributed by atoms with van der Waals surface area (Å²) in [6.07, 6.45) is 1.57. The zero-order valence-corrected chi connectivity index (χ0v) is 13.1. The van der Waals surface area contributed by atoms with Crippen LogP contribution in [0.3, 0.4) is 0 Å². The number of halogens is 2. The molecule has 2 heterocycles. The van der Waals surface area contributed by atoms with Crippen molar-refractivity contribution >= 4 is 35.0 Å². The molecule has 1 unspecified atom stereocenters. The second kappa shape index (κ2) is 5.24. The van der Waals surface area contributed by atoms with Crippen LogP contribution in [0.1, 0.15) is 24.1 Å². The molecule has 0 bridgehead atoms. The molecule has 0 radical (unpaired) electrons. The number of benzene rings is 1. The number of pyridine rings is 1. The predicted octanol–water partition coefficient (Wildman–Crippen LogP) is 4.80. The number of fused-ring (bicyclic) bond motifs is 1. The number of aryl methyl sites for hydroxylation is 1. The Bertz CT molecular complexity index is 884. The summed E-state index contributed by atoms with van der Waals surface area (Å²) < 4.78 is 16.2. The minimum absolute atomic E-state index is 0.130. The van der Waals surface area contributed by atoms with Crippen LogP contribution in [-0.4, -0.2) is 14.5 Å². The van der Waals surface area contributed by atoms with Crippen LogP contribution in [-0.2, 0) is 0 Å². The summed E-state index contributed by atoms with van der Waals surface area (Å²) in [6.45, 7) is 3.70. The molecule has 3 nitrogen and oxygen atoms in total. The Balaban J connectivity index is 2.17. The number of imidazole rings is 1. The van der Waals surface area contributed by atoms with Gasteiger partial charge in [-0.25, -0.2) is 9.37 Å². The van der Waals surface area contributed by atoms with Gasteiger partial charge in [0.05, 0.1) is 16.6 Å². The Labute approximate surface area is 131 Å². The van der Waals surface area contributed by atoms with Gasteiger partial charge in [-0.1, -0.05) is 23.7 Å². The molecule has 0 amide bonds. The summed E-state index contributed by atoms with van der Waals surface area (Å²) >= 11 is 11.3. The molecular weight excluding hydrogens is 309 g/mol. The first-order chi connectivity index (χ1) is 9.97. The van der Waals surface area contributed by atoms with Crippen LogP contribution in [0.25, 0.3) is 11.2 Å². The van der Waals surface area contributed by atoms with Crippen LogP contribution in [0.2, 0.25) is 5.02 Å². The van der Waals surface area contributed by atoms with Crippen molar-refractivity contribution in [2.24, 2.45) is 0 Å². The van der Waals surface area contributed by atoms with Crippen LogP contribution in [0.15, 0.2) is 30.5 Å². The maximum absolute atomic E-state index is 13.8. The molecule has 0 saturated heterocycles. The van der Waals surface area contributed by atoms with E-state index in [0.29, 0.717) is 21.0 Å². The van der Waals surface area contributed by atoms with E-state index in [4.69, 9.17) is 23.8 Å². The maximum atomic E-state index is 13.8. The second-order valence-corrected chi connectivity index (χ2v) is 5.83.